The maximum Gasteiger partial charge on any atom is 0.315 e. The van der Waals surface area contributed by atoms with Crippen molar-refractivity contribution in [2.45, 2.75) is 24.0 Å². The van der Waals surface area contributed by atoms with Gasteiger partial charge in [0.2, 0.25) is 0 Å². The number of nitrogens with zero attached hydrogens (tertiary/aromatic N) is 2. The molecule has 0 aliphatic carbocycles. The maximum atomic E-state index is 12.1. The van der Waals surface area contributed by atoms with Crippen molar-refractivity contribution in [1.82, 2.24) is 4.90 Å². The molecule has 0 N–H and O–H groups in total. The molecule has 84 valence electrons. The monoisotopic (exact) mass is 234 g/mol. The number of nitriles is 1. The van der Waals surface area contributed by atoms with Crippen molar-refractivity contribution in [3.05, 3.63) is 0 Å². The van der Waals surface area contributed by atoms with Crippen molar-refractivity contribution < 1.29 is 13.6 Å². The molecule has 1 fully saturated rings. The first-order valence-electron chi connectivity index (χ1n) is 4.58. The van der Waals surface area contributed by atoms with Crippen LogP contribution in [0.4, 0.5) is 8.78 Å². The Balaban J connectivity index is 2.57. The van der Waals surface area contributed by atoms with Gasteiger partial charge in [0.05, 0.1) is 6.07 Å². The highest BCUT2D eigenvalue weighted by molar-refractivity contribution is 8.00. The molecule has 0 radical (unpaired) electrons. The second kappa shape index (κ2) is 4.79. The Labute approximate surface area is 91.4 Å². The van der Waals surface area contributed by atoms with E-state index < -0.39 is 17.1 Å². The van der Waals surface area contributed by atoms with E-state index in [2.05, 4.69) is 6.07 Å². The van der Waals surface area contributed by atoms with Crippen LogP contribution < -0.4 is 0 Å². The Hall–Kier alpha value is -0.830. The van der Waals surface area contributed by atoms with E-state index in [1.807, 2.05) is 6.26 Å². The average molecular weight is 234 g/mol. The van der Waals surface area contributed by atoms with Crippen LogP contribution in [0.2, 0.25) is 0 Å². The van der Waals surface area contributed by atoms with Crippen molar-refractivity contribution >= 4 is 17.7 Å². The Morgan fingerprint density at radius 3 is 2.40 bits per heavy atom. The minimum Gasteiger partial charge on any atom is -0.338 e. The summed E-state index contributed by atoms with van der Waals surface area (Å²) in [5, 5.41) is 8.95. The van der Waals surface area contributed by atoms with Crippen LogP contribution >= 0.6 is 11.8 Å². The third-order valence-electron chi connectivity index (χ3n) is 2.66. The minimum atomic E-state index is -2.94. The van der Waals surface area contributed by atoms with Crippen molar-refractivity contribution in [2.24, 2.45) is 0 Å². The molecule has 1 aliphatic heterocycles. The lowest BCUT2D eigenvalue weighted by Crippen LogP contribution is -2.46. The van der Waals surface area contributed by atoms with E-state index in [-0.39, 0.29) is 13.1 Å². The van der Waals surface area contributed by atoms with E-state index in [4.69, 9.17) is 5.26 Å². The SMILES string of the molecule is CSC1(C#N)CCN(C(=O)C(F)F)CC1. The molecule has 0 spiro atoms. The van der Waals surface area contributed by atoms with Gasteiger partial charge in [0.25, 0.3) is 5.91 Å². The van der Waals surface area contributed by atoms with Gasteiger partial charge in [0.1, 0.15) is 4.75 Å². The number of piperidine rings is 1. The molecule has 0 saturated carbocycles. The van der Waals surface area contributed by atoms with Gasteiger partial charge in [-0.05, 0) is 19.1 Å². The van der Waals surface area contributed by atoms with E-state index in [1.54, 1.807) is 0 Å². The number of carbonyl (C=O) groups excluding carboxylic acids is 1. The Bertz CT molecular complexity index is 282. The molecule has 1 aliphatic rings. The maximum absolute atomic E-state index is 12.1. The van der Waals surface area contributed by atoms with Gasteiger partial charge in [-0.3, -0.25) is 4.79 Å². The highest BCUT2D eigenvalue weighted by Gasteiger charge is 2.37. The second-order valence-corrected chi connectivity index (χ2v) is 4.63. The van der Waals surface area contributed by atoms with Gasteiger partial charge in [-0.2, -0.15) is 14.0 Å². The highest BCUT2D eigenvalue weighted by Crippen LogP contribution is 2.33. The first-order valence-corrected chi connectivity index (χ1v) is 5.80. The molecular weight excluding hydrogens is 222 g/mol. The van der Waals surface area contributed by atoms with E-state index in [1.165, 1.54) is 11.8 Å². The third-order valence-corrected chi connectivity index (χ3v) is 3.94. The minimum absolute atomic E-state index is 0.248. The van der Waals surface area contributed by atoms with Gasteiger partial charge in [0, 0.05) is 13.1 Å². The molecule has 6 heteroatoms. The summed E-state index contributed by atoms with van der Waals surface area (Å²) < 4.78 is 23.7. The molecule has 0 atom stereocenters. The first kappa shape index (κ1) is 12.2. The standard InChI is InChI=1S/C9H12F2N2OS/c1-15-9(6-12)2-4-13(5-3-9)8(14)7(10)11/h7H,2-5H2,1H3. The summed E-state index contributed by atoms with van der Waals surface area (Å²) in [5.41, 5.74) is 0. The quantitative estimate of drug-likeness (QED) is 0.727. The first-order chi connectivity index (χ1) is 7.04. The molecule has 0 aromatic heterocycles. The van der Waals surface area contributed by atoms with Gasteiger partial charge in [0.15, 0.2) is 0 Å². The average Bonchev–Trinajstić information content (AvgIpc) is 2.28. The number of halogens is 2. The Morgan fingerprint density at radius 2 is 2.07 bits per heavy atom. The number of likely N-dealkylation sites (tertiary alicyclic amines) is 1. The predicted molar refractivity (Wildman–Crippen MR) is 53.7 cm³/mol. The molecule has 15 heavy (non-hydrogen) atoms. The number of hydrogen-bond acceptors (Lipinski definition) is 3. The summed E-state index contributed by atoms with van der Waals surface area (Å²) >= 11 is 1.43. The number of thioether (sulfide) groups is 1. The van der Waals surface area contributed by atoms with Crippen LogP contribution in [0.3, 0.4) is 0 Å². The number of alkyl halides is 2. The molecule has 0 aromatic rings. The zero-order valence-electron chi connectivity index (χ0n) is 8.37. The summed E-state index contributed by atoms with van der Waals surface area (Å²) in [6.07, 6.45) is -0.186. The normalized spacial score (nSPS) is 20.1. The lowest BCUT2D eigenvalue weighted by Gasteiger charge is -2.35. The van der Waals surface area contributed by atoms with Crippen LogP contribution in [0.15, 0.2) is 0 Å². The summed E-state index contributed by atoms with van der Waals surface area (Å²) in [6.45, 7) is 0.495. The van der Waals surface area contributed by atoms with Crippen LogP contribution in [-0.4, -0.2) is 41.3 Å². The topological polar surface area (TPSA) is 44.1 Å². The van der Waals surface area contributed by atoms with Crippen LogP contribution in [0.1, 0.15) is 12.8 Å². The van der Waals surface area contributed by atoms with Gasteiger partial charge < -0.3 is 4.90 Å². The molecule has 1 heterocycles. The number of hydrogen-bond donors (Lipinski definition) is 0. The van der Waals surface area contributed by atoms with E-state index >= 15 is 0 Å². The number of amides is 1. The van der Waals surface area contributed by atoms with Crippen LogP contribution in [-0.2, 0) is 4.79 Å². The molecule has 3 nitrogen and oxygen atoms in total. The van der Waals surface area contributed by atoms with Gasteiger partial charge in [-0.1, -0.05) is 0 Å². The molecule has 0 unspecified atom stereocenters. The summed E-state index contributed by atoms with van der Waals surface area (Å²) in [5.74, 6) is -1.12. The molecule has 1 saturated heterocycles. The summed E-state index contributed by atoms with van der Waals surface area (Å²) in [6, 6.07) is 2.19. The van der Waals surface area contributed by atoms with Gasteiger partial charge in [-0.25, -0.2) is 0 Å². The highest BCUT2D eigenvalue weighted by atomic mass is 32.2. The fourth-order valence-electron chi connectivity index (χ4n) is 1.59. The predicted octanol–water partition coefficient (Wildman–Crippen LogP) is 1.50. The van der Waals surface area contributed by atoms with Gasteiger partial charge in [-0.15, -0.1) is 11.8 Å². The smallest absolute Gasteiger partial charge is 0.315 e. The zero-order valence-corrected chi connectivity index (χ0v) is 9.19. The van der Waals surface area contributed by atoms with Crippen molar-refractivity contribution in [3.8, 4) is 6.07 Å². The molecule has 0 bridgehead atoms. The van der Waals surface area contributed by atoms with Crippen molar-refractivity contribution in [2.75, 3.05) is 19.3 Å². The Morgan fingerprint density at radius 1 is 1.53 bits per heavy atom. The van der Waals surface area contributed by atoms with E-state index in [0.29, 0.717) is 12.8 Å². The lowest BCUT2D eigenvalue weighted by atomic mass is 9.97. The van der Waals surface area contributed by atoms with Crippen LogP contribution in [0.5, 0.6) is 0 Å². The Kier molecular flexibility index (Phi) is 3.91. The number of rotatable bonds is 2. The largest absolute Gasteiger partial charge is 0.338 e. The summed E-state index contributed by atoms with van der Waals surface area (Å²) in [7, 11) is 0. The van der Waals surface area contributed by atoms with Crippen molar-refractivity contribution in [3.63, 3.8) is 0 Å². The molecule has 0 aromatic carbocycles. The van der Waals surface area contributed by atoms with E-state index in [9.17, 15) is 13.6 Å². The second-order valence-electron chi connectivity index (χ2n) is 3.44. The lowest BCUT2D eigenvalue weighted by molar-refractivity contribution is -0.143. The summed E-state index contributed by atoms with van der Waals surface area (Å²) in [4.78, 5) is 12.1. The molecule has 1 rings (SSSR count). The third kappa shape index (κ3) is 2.59. The fourth-order valence-corrected chi connectivity index (χ4v) is 2.27. The zero-order chi connectivity index (χ0) is 11.5. The number of carbonyl (C=O) groups is 1. The molecule has 1 amide bonds. The molecular formula is C9H12F2N2OS. The van der Waals surface area contributed by atoms with E-state index in [0.717, 1.165) is 4.90 Å². The fraction of sp³-hybridized carbons (Fsp3) is 0.778. The van der Waals surface area contributed by atoms with Crippen LogP contribution in [0, 0.1) is 11.3 Å². The van der Waals surface area contributed by atoms with Crippen molar-refractivity contribution in [1.29, 1.82) is 5.26 Å². The van der Waals surface area contributed by atoms with Crippen LogP contribution in [0.25, 0.3) is 0 Å². The van der Waals surface area contributed by atoms with Gasteiger partial charge >= 0.3 is 6.43 Å².